The van der Waals surface area contributed by atoms with Crippen LogP contribution < -0.4 is 4.74 Å². The van der Waals surface area contributed by atoms with E-state index < -0.39 is 5.60 Å². The van der Waals surface area contributed by atoms with Crippen molar-refractivity contribution in [2.75, 3.05) is 13.1 Å². The quantitative estimate of drug-likeness (QED) is 0.780. The zero-order chi connectivity index (χ0) is 13.6. The highest BCUT2D eigenvalue weighted by Crippen LogP contribution is 2.39. The van der Waals surface area contributed by atoms with Crippen LogP contribution in [0.5, 0.6) is 5.75 Å². The van der Waals surface area contributed by atoms with Crippen LogP contribution in [0.1, 0.15) is 37.0 Å². The van der Waals surface area contributed by atoms with Gasteiger partial charge in [-0.25, -0.2) is 4.39 Å². The molecule has 0 N–H and O–H groups in total. The Morgan fingerprint density at radius 3 is 2.89 bits per heavy atom. The van der Waals surface area contributed by atoms with E-state index in [1.165, 1.54) is 18.2 Å². The van der Waals surface area contributed by atoms with Crippen LogP contribution in [0.3, 0.4) is 0 Å². The van der Waals surface area contributed by atoms with Gasteiger partial charge in [0.2, 0.25) is 0 Å². The lowest BCUT2D eigenvalue weighted by molar-refractivity contribution is 0.0435. The Hall–Kier alpha value is -1.42. The van der Waals surface area contributed by atoms with E-state index in [0.29, 0.717) is 23.8 Å². The van der Waals surface area contributed by atoms with Gasteiger partial charge in [-0.05, 0) is 26.0 Å². The third-order valence-electron chi connectivity index (χ3n) is 4.13. The van der Waals surface area contributed by atoms with Crippen LogP contribution in [0, 0.1) is 5.82 Å². The number of rotatable bonds is 1. The van der Waals surface area contributed by atoms with Crippen molar-refractivity contribution in [2.45, 2.75) is 38.3 Å². The Balaban J connectivity index is 1.91. The van der Waals surface area contributed by atoms with Crippen LogP contribution in [-0.2, 0) is 0 Å². The fourth-order valence-corrected chi connectivity index (χ4v) is 3.01. The molecule has 0 radical (unpaired) electrons. The maximum atomic E-state index is 13.3. The minimum Gasteiger partial charge on any atom is -0.485 e. The van der Waals surface area contributed by atoms with Crippen molar-refractivity contribution in [3.05, 3.63) is 29.6 Å². The molecule has 0 aliphatic carbocycles. The van der Waals surface area contributed by atoms with E-state index in [0.717, 1.165) is 19.5 Å². The van der Waals surface area contributed by atoms with Gasteiger partial charge < -0.3 is 4.74 Å². The van der Waals surface area contributed by atoms with Gasteiger partial charge >= 0.3 is 0 Å². The normalized spacial score (nSPS) is 26.8. The molecule has 0 aromatic heterocycles. The first-order chi connectivity index (χ1) is 8.99. The summed E-state index contributed by atoms with van der Waals surface area (Å²) in [6.07, 6.45) is 1.22. The number of fused-ring (bicyclic) bond motifs is 1. The molecule has 0 amide bonds. The van der Waals surface area contributed by atoms with Crippen molar-refractivity contribution < 1.29 is 13.9 Å². The second-order valence-corrected chi connectivity index (χ2v) is 5.84. The van der Waals surface area contributed by atoms with Gasteiger partial charge in [-0.1, -0.05) is 0 Å². The minimum atomic E-state index is -0.456. The van der Waals surface area contributed by atoms with Crippen molar-refractivity contribution >= 4 is 5.78 Å². The lowest BCUT2D eigenvalue weighted by Gasteiger charge is -2.35. The first kappa shape index (κ1) is 12.6. The maximum absolute atomic E-state index is 13.3. The van der Waals surface area contributed by atoms with Crippen molar-refractivity contribution in [3.8, 4) is 5.75 Å². The number of nitrogens with zero attached hydrogens (tertiary/aromatic N) is 1. The van der Waals surface area contributed by atoms with Gasteiger partial charge in [0.05, 0.1) is 12.0 Å². The van der Waals surface area contributed by atoms with Crippen molar-refractivity contribution in [1.29, 1.82) is 0 Å². The van der Waals surface area contributed by atoms with Crippen molar-refractivity contribution in [1.82, 2.24) is 4.90 Å². The van der Waals surface area contributed by atoms with Gasteiger partial charge in [-0.3, -0.25) is 9.69 Å². The number of carbonyl (C=O) groups excluding carboxylic acids is 1. The summed E-state index contributed by atoms with van der Waals surface area (Å²) < 4.78 is 19.3. The predicted molar refractivity (Wildman–Crippen MR) is 70.0 cm³/mol. The number of Topliss-reactive ketones (excluding diaryl/α,β-unsaturated/α-hetero) is 1. The molecule has 4 heteroatoms. The van der Waals surface area contributed by atoms with Crippen LogP contribution in [0.2, 0.25) is 0 Å². The molecular formula is C15H18FNO2. The Labute approximate surface area is 112 Å². The lowest BCUT2D eigenvalue weighted by atomic mass is 9.89. The van der Waals surface area contributed by atoms with Gasteiger partial charge in [0.25, 0.3) is 0 Å². The SMILES string of the molecule is CC(C)N1CCC2(CC(=O)c3ccc(F)cc3O2)C1. The number of hydrogen-bond acceptors (Lipinski definition) is 3. The molecule has 3 rings (SSSR count). The molecule has 1 spiro atoms. The lowest BCUT2D eigenvalue weighted by Crippen LogP contribution is -2.45. The Kier molecular flexibility index (Phi) is 2.86. The van der Waals surface area contributed by atoms with Crippen molar-refractivity contribution in [3.63, 3.8) is 0 Å². The summed E-state index contributed by atoms with van der Waals surface area (Å²) >= 11 is 0. The Morgan fingerprint density at radius 2 is 2.21 bits per heavy atom. The standard InChI is InChI=1S/C15H18FNO2/c1-10(2)17-6-5-15(9-17)8-13(18)12-4-3-11(16)7-14(12)19-15/h3-4,7,10H,5-6,8-9H2,1-2H3. The highest BCUT2D eigenvalue weighted by Gasteiger charge is 2.46. The number of likely N-dealkylation sites (tertiary alicyclic amines) is 1. The van der Waals surface area contributed by atoms with Crippen LogP contribution in [0.4, 0.5) is 4.39 Å². The van der Waals surface area contributed by atoms with E-state index in [9.17, 15) is 9.18 Å². The molecule has 19 heavy (non-hydrogen) atoms. The summed E-state index contributed by atoms with van der Waals surface area (Å²) in [6, 6.07) is 4.60. The number of halogens is 1. The van der Waals surface area contributed by atoms with Crippen molar-refractivity contribution in [2.24, 2.45) is 0 Å². The maximum Gasteiger partial charge on any atom is 0.170 e. The van der Waals surface area contributed by atoms with E-state index in [2.05, 4.69) is 18.7 Å². The summed E-state index contributed by atoms with van der Waals surface area (Å²) in [6.45, 7) is 5.94. The first-order valence-corrected chi connectivity index (χ1v) is 6.75. The number of ketones is 1. The van der Waals surface area contributed by atoms with Crippen LogP contribution in [-0.4, -0.2) is 35.4 Å². The molecule has 3 nitrogen and oxygen atoms in total. The number of carbonyl (C=O) groups is 1. The third-order valence-corrected chi connectivity index (χ3v) is 4.13. The zero-order valence-corrected chi connectivity index (χ0v) is 11.3. The molecule has 0 bridgehead atoms. The fraction of sp³-hybridized carbons (Fsp3) is 0.533. The summed E-state index contributed by atoms with van der Waals surface area (Å²) in [7, 11) is 0. The summed E-state index contributed by atoms with van der Waals surface area (Å²) in [5.41, 5.74) is 0.0531. The second kappa shape index (κ2) is 4.30. The first-order valence-electron chi connectivity index (χ1n) is 6.75. The monoisotopic (exact) mass is 263 g/mol. The molecular weight excluding hydrogens is 245 g/mol. The second-order valence-electron chi connectivity index (χ2n) is 5.84. The highest BCUT2D eigenvalue weighted by atomic mass is 19.1. The van der Waals surface area contributed by atoms with Crippen LogP contribution in [0.15, 0.2) is 18.2 Å². The van der Waals surface area contributed by atoms with E-state index in [1.54, 1.807) is 0 Å². The van der Waals surface area contributed by atoms with Crippen LogP contribution in [0.25, 0.3) is 0 Å². The average Bonchev–Trinajstić information content (AvgIpc) is 2.72. The molecule has 0 saturated carbocycles. The molecule has 2 heterocycles. The summed E-state index contributed by atoms with van der Waals surface area (Å²) in [4.78, 5) is 14.5. The van der Waals surface area contributed by atoms with E-state index in [-0.39, 0.29) is 11.6 Å². The average molecular weight is 263 g/mol. The van der Waals surface area contributed by atoms with E-state index in [1.807, 2.05) is 0 Å². The number of benzene rings is 1. The zero-order valence-electron chi connectivity index (χ0n) is 11.3. The molecule has 2 aliphatic rings. The van der Waals surface area contributed by atoms with Gasteiger partial charge in [0.1, 0.15) is 17.2 Å². The molecule has 1 aromatic carbocycles. The Morgan fingerprint density at radius 1 is 1.42 bits per heavy atom. The molecule has 1 unspecified atom stereocenters. The molecule has 1 aromatic rings. The summed E-state index contributed by atoms with van der Waals surface area (Å²) in [5, 5.41) is 0. The summed E-state index contributed by atoms with van der Waals surface area (Å²) in [5.74, 6) is 0.107. The molecule has 1 atom stereocenters. The fourth-order valence-electron chi connectivity index (χ4n) is 3.01. The smallest absolute Gasteiger partial charge is 0.170 e. The van der Waals surface area contributed by atoms with Gasteiger partial charge in [0.15, 0.2) is 5.78 Å². The van der Waals surface area contributed by atoms with E-state index >= 15 is 0 Å². The topological polar surface area (TPSA) is 29.5 Å². The minimum absolute atomic E-state index is 0.0619. The molecule has 1 fully saturated rings. The van der Waals surface area contributed by atoms with Gasteiger partial charge in [-0.15, -0.1) is 0 Å². The van der Waals surface area contributed by atoms with Gasteiger partial charge in [-0.2, -0.15) is 0 Å². The molecule has 1 saturated heterocycles. The Bertz CT molecular complexity index is 529. The van der Waals surface area contributed by atoms with Crippen LogP contribution >= 0.6 is 0 Å². The largest absolute Gasteiger partial charge is 0.485 e. The molecule has 2 aliphatic heterocycles. The number of ether oxygens (including phenoxy) is 1. The number of hydrogen-bond donors (Lipinski definition) is 0. The van der Waals surface area contributed by atoms with Gasteiger partial charge in [0, 0.05) is 31.6 Å². The van der Waals surface area contributed by atoms with E-state index in [4.69, 9.17) is 4.74 Å². The predicted octanol–water partition coefficient (Wildman–Crippen LogP) is 2.64. The molecule has 102 valence electrons. The third kappa shape index (κ3) is 2.14. The highest BCUT2D eigenvalue weighted by molar-refractivity contribution is 6.00.